The molecular formula is C22H20F3N5O3S. The fourth-order valence-corrected chi connectivity index (χ4v) is 4.25. The van der Waals surface area contributed by atoms with Crippen molar-refractivity contribution >= 4 is 17.3 Å². The van der Waals surface area contributed by atoms with E-state index in [2.05, 4.69) is 15.2 Å². The van der Waals surface area contributed by atoms with Crippen molar-refractivity contribution in [3.05, 3.63) is 69.7 Å². The van der Waals surface area contributed by atoms with Gasteiger partial charge in [-0.05, 0) is 38.1 Å². The third-order valence-electron chi connectivity index (χ3n) is 5.05. The zero-order valence-electron chi connectivity index (χ0n) is 18.4. The quantitative estimate of drug-likeness (QED) is 0.403. The molecule has 0 aliphatic rings. The molecule has 0 amide bonds. The zero-order chi connectivity index (χ0) is 24.6. The Balaban J connectivity index is 1.63. The number of carboxylic acids is 1. The Morgan fingerprint density at radius 2 is 1.97 bits per heavy atom. The Labute approximate surface area is 196 Å². The average Bonchev–Trinajstić information content (AvgIpc) is 3.45. The van der Waals surface area contributed by atoms with Crippen LogP contribution < -0.4 is 4.74 Å². The SMILES string of the molecule is Cc1cc(COc2cc(-c3nc(Cn4cc(C(=O)O)cn4)c(C)s3)cc(C(F)(F)F)c2)n(C)n1. The lowest BCUT2D eigenvalue weighted by atomic mass is 10.1. The second kappa shape index (κ2) is 8.93. The van der Waals surface area contributed by atoms with Gasteiger partial charge in [-0.15, -0.1) is 11.3 Å². The fraction of sp³-hybridized carbons (Fsp3) is 0.273. The minimum Gasteiger partial charge on any atom is -0.487 e. The zero-order valence-corrected chi connectivity index (χ0v) is 19.2. The van der Waals surface area contributed by atoms with E-state index in [9.17, 15) is 18.0 Å². The third-order valence-corrected chi connectivity index (χ3v) is 6.11. The fourth-order valence-electron chi connectivity index (χ4n) is 3.34. The molecule has 1 N–H and O–H groups in total. The molecule has 0 bridgehead atoms. The Morgan fingerprint density at radius 3 is 2.59 bits per heavy atom. The molecule has 0 atom stereocenters. The monoisotopic (exact) mass is 491 g/mol. The van der Waals surface area contributed by atoms with Gasteiger partial charge in [-0.3, -0.25) is 9.36 Å². The molecule has 12 heteroatoms. The number of aromatic nitrogens is 5. The number of thiazole rings is 1. The number of ether oxygens (including phenoxy) is 1. The van der Waals surface area contributed by atoms with Crippen LogP contribution in [-0.4, -0.2) is 35.6 Å². The molecule has 0 spiro atoms. The average molecular weight is 491 g/mol. The Hall–Kier alpha value is -3.67. The van der Waals surface area contributed by atoms with Gasteiger partial charge in [0, 0.05) is 23.7 Å². The third kappa shape index (κ3) is 5.11. The van der Waals surface area contributed by atoms with Gasteiger partial charge in [-0.25, -0.2) is 9.78 Å². The molecule has 0 saturated heterocycles. The number of carboxylic acid groups (broad SMARTS) is 1. The Kier molecular flexibility index (Phi) is 6.17. The lowest BCUT2D eigenvalue weighted by molar-refractivity contribution is -0.137. The summed E-state index contributed by atoms with van der Waals surface area (Å²) in [5.74, 6) is -1.03. The summed E-state index contributed by atoms with van der Waals surface area (Å²) in [5, 5.41) is 17.7. The van der Waals surface area contributed by atoms with Gasteiger partial charge in [0.1, 0.15) is 17.4 Å². The highest BCUT2D eigenvalue weighted by molar-refractivity contribution is 7.15. The van der Waals surface area contributed by atoms with Gasteiger partial charge in [0.2, 0.25) is 0 Å². The summed E-state index contributed by atoms with van der Waals surface area (Å²) in [6.07, 6.45) is -1.96. The molecule has 34 heavy (non-hydrogen) atoms. The van der Waals surface area contributed by atoms with Crippen LogP contribution in [0.3, 0.4) is 0 Å². The molecule has 1 aromatic carbocycles. The van der Waals surface area contributed by atoms with Gasteiger partial charge in [0.05, 0.1) is 41.0 Å². The van der Waals surface area contributed by atoms with Crippen LogP contribution in [0.15, 0.2) is 36.7 Å². The maximum Gasteiger partial charge on any atom is 0.416 e. The molecule has 3 heterocycles. The number of hydrogen-bond acceptors (Lipinski definition) is 6. The van der Waals surface area contributed by atoms with Crippen molar-refractivity contribution in [2.45, 2.75) is 33.2 Å². The van der Waals surface area contributed by atoms with Crippen molar-refractivity contribution in [1.82, 2.24) is 24.5 Å². The minimum absolute atomic E-state index is 0.0383. The van der Waals surface area contributed by atoms with E-state index in [1.54, 1.807) is 24.7 Å². The molecule has 0 aliphatic carbocycles. The molecular weight excluding hydrogens is 471 g/mol. The predicted molar refractivity (Wildman–Crippen MR) is 118 cm³/mol. The number of alkyl halides is 3. The first kappa shape index (κ1) is 23.5. The van der Waals surface area contributed by atoms with Gasteiger partial charge >= 0.3 is 12.1 Å². The maximum absolute atomic E-state index is 13.6. The number of carbonyl (C=O) groups is 1. The molecule has 0 aliphatic heterocycles. The summed E-state index contributed by atoms with van der Waals surface area (Å²) in [6.45, 7) is 3.87. The summed E-state index contributed by atoms with van der Waals surface area (Å²) < 4.78 is 49.5. The van der Waals surface area contributed by atoms with Crippen LogP contribution >= 0.6 is 11.3 Å². The number of hydrogen-bond donors (Lipinski definition) is 1. The normalized spacial score (nSPS) is 11.7. The molecule has 4 aromatic rings. The number of benzene rings is 1. The van der Waals surface area contributed by atoms with Crippen LogP contribution in [0, 0.1) is 13.8 Å². The van der Waals surface area contributed by atoms with Crippen LogP contribution in [-0.2, 0) is 26.4 Å². The summed E-state index contributed by atoms with van der Waals surface area (Å²) in [5.41, 5.74) is 1.57. The lowest BCUT2D eigenvalue weighted by Gasteiger charge is -2.12. The van der Waals surface area contributed by atoms with Gasteiger partial charge in [0.15, 0.2) is 0 Å². The van der Waals surface area contributed by atoms with Crippen molar-refractivity contribution < 1.29 is 27.8 Å². The summed E-state index contributed by atoms with van der Waals surface area (Å²) >= 11 is 1.24. The van der Waals surface area contributed by atoms with Crippen LogP contribution in [0.4, 0.5) is 13.2 Å². The van der Waals surface area contributed by atoms with E-state index < -0.39 is 17.7 Å². The molecule has 178 valence electrons. The lowest BCUT2D eigenvalue weighted by Crippen LogP contribution is -2.07. The van der Waals surface area contributed by atoms with E-state index in [1.807, 2.05) is 6.92 Å². The van der Waals surface area contributed by atoms with Crippen molar-refractivity contribution in [1.29, 1.82) is 0 Å². The van der Waals surface area contributed by atoms with E-state index >= 15 is 0 Å². The highest BCUT2D eigenvalue weighted by Gasteiger charge is 2.32. The van der Waals surface area contributed by atoms with E-state index in [1.165, 1.54) is 34.5 Å². The van der Waals surface area contributed by atoms with E-state index in [-0.39, 0.29) is 30.0 Å². The maximum atomic E-state index is 13.6. The van der Waals surface area contributed by atoms with Crippen LogP contribution in [0.1, 0.15) is 37.9 Å². The molecule has 3 aromatic heterocycles. The smallest absolute Gasteiger partial charge is 0.416 e. The highest BCUT2D eigenvalue weighted by atomic mass is 32.1. The summed E-state index contributed by atoms with van der Waals surface area (Å²) in [4.78, 5) is 16.3. The standard InChI is InChI=1S/C22H20F3N5O3S/c1-12-4-17(29(3)28-12)11-33-18-6-14(5-16(7-18)22(23,24)25)20-27-19(13(2)34-20)10-30-9-15(8-26-30)21(31)32/h4-9H,10-11H2,1-3H3,(H,31,32). The Bertz CT molecular complexity index is 1360. The Morgan fingerprint density at radius 1 is 1.21 bits per heavy atom. The molecule has 8 nitrogen and oxygen atoms in total. The van der Waals surface area contributed by atoms with Crippen molar-refractivity contribution in [2.75, 3.05) is 0 Å². The summed E-state index contributed by atoms with van der Waals surface area (Å²) in [6, 6.07) is 5.33. The first-order valence-corrected chi connectivity index (χ1v) is 10.9. The second-order valence-corrected chi connectivity index (χ2v) is 8.89. The van der Waals surface area contributed by atoms with E-state index in [0.717, 1.165) is 28.4 Å². The number of aromatic carboxylic acids is 1. The second-order valence-electron chi connectivity index (χ2n) is 7.69. The van der Waals surface area contributed by atoms with Crippen molar-refractivity contribution in [2.24, 2.45) is 7.05 Å². The number of nitrogens with zero attached hydrogens (tertiary/aromatic N) is 5. The predicted octanol–water partition coefficient (Wildman–Crippen LogP) is 4.70. The van der Waals surface area contributed by atoms with Crippen molar-refractivity contribution in [3.8, 4) is 16.3 Å². The molecule has 0 unspecified atom stereocenters. The molecule has 0 fully saturated rings. The molecule has 0 saturated carbocycles. The molecule has 0 radical (unpaired) electrons. The van der Waals surface area contributed by atoms with Gasteiger partial charge < -0.3 is 9.84 Å². The van der Waals surface area contributed by atoms with Crippen LogP contribution in [0.5, 0.6) is 5.75 Å². The topological polar surface area (TPSA) is 95.1 Å². The van der Waals surface area contributed by atoms with E-state index in [0.29, 0.717) is 10.7 Å². The van der Waals surface area contributed by atoms with Gasteiger partial charge in [-0.1, -0.05) is 0 Å². The van der Waals surface area contributed by atoms with Crippen LogP contribution in [0.2, 0.25) is 0 Å². The largest absolute Gasteiger partial charge is 0.487 e. The minimum atomic E-state index is -4.56. The van der Waals surface area contributed by atoms with Gasteiger partial charge in [0.25, 0.3) is 0 Å². The molecule has 4 rings (SSSR count). The number of rotatable bonds is 7. The van der Waals surface area contributed by atoms with Gasteiger partial charge in [-0.2, -0.15) is 23.4 Å². The number of aryl methyl sites for hydroxylation is 3. The van der Waals surface area contributed by atoms with E-state index in [4.69, 9.17) is 9.84 Å². The summed E-state index contributed by atoms with van der Waals surface area (Å²) in [7, 11) is 1.74. The number of halogens is 3. The first-order chi connectivity index (χ1) is 16.0. The first-order valence-electron chi connectivity index (χ1n) is 10.1. The van der Waals surface area contributed by atoms with Crippen LogP contribution in [0.25, 0.3) is 10.6 Å². The highest BCUT2D eigenvalue weighted by Crippen LogP contribution is 2.37. The van der Waals surface area contributed by atoms with Crippen molar-refractivity contribution in [3.63, 3.8) is 0 Å².